The first-order chi connectivity index (χ1) is 20.1. The number of carbonyl (C=O) groups is 1. The largest absolute Gasteiger partial charge is 1.00 e. The maximum absolute atomic E-state index is 14.4. The van der Waals surface area contributed by atoms with Gasteiger partial charge in [-0.3, -0.25) is 14.2 Å². The van der Waals surface area contributed by atoms with E-state index in [1.54, 1.807) is 36.4 Å². The Bertz CT molecular complexity index is 1840. The molecule has 10 heteroatoms. The van der Waals surface area contributed by atoms with E-state index in [-0.39, 0.29) is 61.8 Å². The van der Waals surface area contributed by atoms with Crippen LogP contribution in [0.1, 0.15) is 46.3 Å². The van der Waals surface area contributed by atoms with Crippen LogP contribution in [-0.4, -0.2) is 42.6 Å². The summed E-state index contributed by atoms with van der Waals surface area (Å²) in [6.07, 6.45) is -2.32. The zero-order valence-electron chi connectivity index (χ0n) is 25.3. The minimum absolute atomic E-state index is 0. The van der Waals surface area contributed by atoms with Crippen molar-refractivity contribution in [1.29, 1.82) is 0 Å². The topological polar surface area (TPSA) is 105 Å². The molecule has 0 unspecified atom stereocenters. The summed E-state index contributed by atoms with van der Waals surface area (Å²) in [6.45, 7) is 3.87. The molecule has 0 spiro atoms. The van der Waals surface area contributed by atoms with Crippen LogP contribution in [-0.2, 0) is 11.2 Å². The van der Waals surface area contributed by atoms with Crippen LogP contribution in [0.4, 0.5) is 8.78 Å². The molecule has 43 heavy (non-hydrogen) atoms. The van der Waals surface area contributed by atoms with Crippen LogP contribution in [0.5, 0.6) is 0 Å². The summed E-state index contributed by atoms with van der Waals surface area (Å²) in [6, 6.07) is 19.0. The summed E-state index contributed by atoms with van der Waals surface area (Å²) in [7, 11) is 0. The van der Waals surface area contributed by atoms with Gasteiger partial charge >= 0.3 is 35.5 Å². The first kappa shape index (κ1) is 32.6. The molecule has 2 heterocycles. The average molecular weight is 599 g/mol. The second kappa shape index (κ2) is 13.5. The first-order valence-corrected chi connectivity index (χ1v) is 13.9. The van der Waals surface area contributed by atoms with Crippen LogP contribution in [0.3, 0.4) is 0 Å². The molecule has 5 aromatic rings. The number of aliphatic hydroxyl groups excluding tert-OH is 2. The van der Waals surface area contributed by atoms with E-state index in [1.165, 1.54) is 28.8 Å². The third-order valence-corrected chi connectivity index (χ3v) is 7.51. The first-order valence-electron chi connectivity index (χ1n) is 13.9. The van der Waals surface area contributed by atoms with E-state index < -0.39 is 36.2 Å². The maximum Gasteiger partial charge on any atom is 1.00 e. The molecule has 0 amide bonds. The summed E-state index contributed by atoms with van der Waals surface area (Å²) in [5.74, 6) is -2.04. The van der Waals surface area contributed by atoms with E-state index in [0.29, 0.717) is 27.7 Å². The van der Waals surface area contributed by atoms with E-state index in [2.05, 4.69) is 0 Å². The number of nitrogens with zero attached hydrogens (tertiary/aromatic N) is 2. The minimum atomic E-state index is -1.20. The predicted octanol–water partition coefficient (Wildman–Crippen LogP) is 3.11. The maximum atomic E-state index is 14.4. The van der Waals surface area contributed by atoms with Crippen LogP contribution >= 0.6 is 0 Å². The fraction of sp³-hybridized carbons (Fsp3) is 0.273. The normalized spacial score (nSPS) is 12.9. The molecule has 0 aliphatic rings. The van der Waals surface area contributed by atoms with Crippen molar-refractivity contribution in [1.82, 2.24) is 9.13 Å². The van der Waals surface area contributed by atoms with Gasteiger partial charge in [-0.1, -0.05) is 36.4 Å². The van der Waals surface area contributed by atoms with Crippen molar-refractivity contribution in [3.63, 3.8) is 0 Å². The van der Waals surface area contributed by atoms with Crippen molar-refractivity contribution in [3.8, 4) is 16.8 Å². The Kier molecular flexibility index (Phi) is 10.2. The summed E-state index contributed by atoms with van der Waals surface area (Å²) in [5, 5.41) is 31.2. The number of hydrogen-bond acceptors (Lipinski definition) is 4. The van der Waals surface area contributed by atoms with Gasteiger partial charge in [-0.25, -0.2) is 8.78 Å². The van der Waals surface area contributed by atoms with Gasteiger partial charge in [0.2, 0.25) is 0 Å². The van der Waals surface area contributed by atoms with Crippen LogP contribution in [0.2, 0.25) is 0 Å². The predicted molar refractivity (Wildman–Crippen MR) is 159 cm³/mol. The van der Waals surface area contributed by atoms with Gasteiger partial charge in [-0.05, 0) is 75.1 Å². The quantitative estimate of drug-likeness (QED) is 0.215. The molecule has 5 rings (SSSR count). The van der Waals surface area contributed by atoms with Gasteiger partial charge in [-0.15, -0.1) is 0 Å². The van der Waals surface area contributed by atoms with Crippen molar-refractivity contribution >= 4 is 27.8 Å². The number of aliphatic carboxylic acids is 1. The Balaban J connectivity index is 0.00000264. The van der Waals surface area contributed by atoms with Crippen molar-refractivity contribution < 1.29 is 59.9 Å². The number of aliphatic hydroxyl groups is 2. The monoisotopic (exact) mass is 598 g/mol. The second-order valence-corrected chi connectivity index (χ2v) is 10.8. The summed E-state index contributed by atoms with van der Waals surface area (Å²) in [4.78, 5) is 25.4. The van der Waals surface area contributed by atoms with Crippen molar-refractivity contribution in [2.24, 2.45) is 0 Å². The molecule has 0 saturated heterocycles. The van der Waals surface area contributed by atoms with Gasteiger partial charge < -0.3 is 21.3 Å². The van der Waals surface area contributed by atoms with Gasteiger partial charge in [0.15, 0.2) is 0 Å². The number of para-hydroxylation sites is 1. The number of hydrogen-bond donors (Lipinski definition) is 3. The van der Waals surface area contributed by atoms with E-state index in [0.717, 1.165) is 16.6 Å². The average Bonchev–Trinajstić information content (AvgIpc) is 3.28. The van der Waals surface area contributed by atoms with Crippen LogP contribution < -0.4 is 35.1 Å². The zero-order valence-corrected chi connectivity index (χ0v) is 26.3. The van der Waals surface area contributed by atoms with Crippen molar-refractivity contribution in [2.75, 3.05) is 0 Å². The Morgan fingerprint density at radius 1 is 0.930 bits per heavy atom. The molecule has 220 valence electrons. The van der Waals surface area contributed by atoms with E-state index in [1.807, 2.05) is 30.5 Å². The molecule has 2 atom stereocenters. The van der Waals surface area contributed by atoms with Gasteiger partial charge in [-0.2, -0.15) is 0 Å². The van der Waals surface area contributed by atoms with Gasteiger partial charge in [0.05, 0.1) is 29.8 Å². The summed E-state index contributed by atoms with van der Waals surface area (Å²) >= 11 is 0. The zero-order chi connectivity index (χ0) is 30.1. The molecule has 0 radical (unpaired) electrons. The Morgan fingerprint density at radius 2 is 1.63 bits per heavy atom. The number of halogens is 2. The number of carboxylic acid groups (broad SMARTS) is 1. The Morgan fingerprint density at radius 3 is 2.28 bits per heavy atom. The number of aromatic nitrogens is 2. The fourth-order valence-electron chi connectivity index (χ4n) is 5.84. The number of rotatable bonds is 10. The number of carboxylic acids is 1. The standard InChI is InChI=1S/C33H32F2N2O5.Na.H/c1-19(2)36-28(15-14-24(38)17-25(39)18-29(40)41)30(20-10-12-21(34)13-11-20)31-26-8-3-4-9-27(26)37(33(42)32(31)36)23-7-5-6-22(35)16-23;;/h3-13,16,19,24-25,38-39H,14-15,17-18H2,1-2H3,(H,40,41);;/q;+1;-1/t24-,25-;;/m1../s1. The summed E-state index contributed by atoms with van der Waals surface area (Å²) in [5.41, 5.74) is 3.13. The molecule has 0 saturated carbocycles. The van der Waals surface area contributed by atoms with Gasteiger partial charge in [0.1, 0.15) is 17.2 Å². The SMILES string of the molecule is CC(C)n1c(CC[C@@H](O)C[C@@H](O)CC(=O)O)c(-c2ccc(F)cc2)c2c3ccccc3n(-c3cccc(F)c3)c(=O)c21.[H-].[Na+]. The number of benzene rings is 3. The number of fused-ring (bicyclic) bond motifs is 3. The minimum Gasteiger partial charge on any atom is -1.00 e. The van der Waals surface area contributed by atoms with Crippen molar-refractivity contribution in [3.05, 3.63) is 100 Å². The van der Waals surface area contributed by atoms with Crippen LogP contribution in [0.15, 0.2) is 77.6 Å². The molecule has 0 fully saturated rings. The Hall–Kier alpha value is -3.34. The molecule has 2 aromatic heterocycles. The van der Waals surface area contributed by atoms with Crippen LogP contribution in [0.25, 0.3) is 38.6 Å². The molecular formula is C33H33F2N2NaO5. The smallest absolute Gasteiger partial charge is 1.00 e. The molecule has 7 nitrogen and oxygen atoms in total. The molecule has 3 aromatic carbocycles. The van der Waals surface area contributed by atoms with E-state index in [9.17, 15) is 28.6 Å². The second-order valence-electron chi connectivity index (χ2n) is 10.8. The molecule has 0 aliphatic carbocycles. The van der Waals surface area contributed by atoms with Gasteiger partial charge in [0, 0.05) is 28.1 Å². The fourth-order valence-corrected chi connectivity index (χ4v) is 5.84. The third kappa shape index (κ3) is 6.61. The van der Waals surface area contributed by atoms with Crippen LogP contribution in [0, 0.1) is 11.6 Å². The third-order valence-electron chi connectivity index (χ3n) is 7.51. The molecule has 0 aliphatic heterocycles. The van der Waals surface area contributed by atoms with E-state index >= 15 is 0 Å². The van der Waals surface area contributed by atoms with Gasteiger partial charge in [0.25, 0.3) is 5.56 Å². The Labute approximate surface area is 270 Å². The van der Waals surface area contributed by atoms with Crippen molar-refractivity contribution in [2.45, 2.75) is 57.8 Å². The van der Waals surface area contributed by atoms with E-state index in [4.69, 9.17) is 5.11 Å². The molecular weight excluding hydrogens is 565 g/mol. The summed E-state index contributed by atoms with van der Waals surface area (Å²) < 4.78 is 31.8. The molecule has 0 bridgehead atoms. The molecule has 3 N–H and O–H groups in total. The number of pyridine rings is 1.